The van der Waals surface area contributed by atoms with Crippen LogP contribution in [0.15, 0.2) is 24.3 Å². The molecule has 0 saturated heterocycles. The van der Waals surface area contributed by atoms with Gasteiger partial charge in [-0.3, -0.25) is 9.36 Å². The van der Waals surface area contributed by atoms with Gasteiger partial charge < -0.3 is 27.9 Å². The first-order chi connectivity index (χ1) is 19.6. The summed E-state index contributed by atoms with van der Waals surface area (Å²) < 4.78 is 33.4. The summed E-state index contributed by atoms with van der Waals surface area (Å²) in [6.45, 7) is 4.78. The topological polar surface area (TPSA) is 94.1 Å². The molecule has 0 radical (unpaired) electrons. The Morgan fingerprint density at radius 3 is 1.88 bits per heavy atom. The summed E-state index contributed by atoms with van der Waals surface area (Å²) in [5.74, 6) is -0.425. The number of nitrogens with zero attached hydrogens (tertiary/aromatic N) is 1. The molecule has 2 unspecified atom stereocenters. The molecule has 0 spiro atoms. The fraction of sp³-hybridized carbons (Fsp3) is 0.844. The van der Waals surface area contributed by atoms with Crippen LogP contribution in [0, 0.1) is 0 Å². The van der Waals surface area contributed by atoms with Crippen LogP contribution in [0.4, 0.5) is 0 Å². The number of carbonyl (C=O) groups excluding carboxylic acids is 1. The van der Waals surface area contributed by atoms with Crippen molar-refractivity contribution in [2.45, 2.75) is 123 Å². The highest BCUT2D eigenvalue weighted by atomic mass is 31.2. The minimum Gasteiger partial charge on any atom is -0.756 e. The molecule has 0 bridgehead atoms. The van der Waals surface area contributed by atoms with Gasteiger partial charge in [-0.2, -0.15) is 0 Å². The lowest BCUT2D eigenvalue weighted by Gasteiger charge is -2.28. The minimum atomic E-state index is -4.48. The maximum Gasteiger partial charge on any atom is 0.305 e. The van der Waals surface area contributed by atoms with Gasteiger partial charge in [0.2, 0.25) is 0 Å². The summed E-state index contributed by atoms with van der Waals surface area (Å²) >= 11 is 0. The van der Waals surface area contributed by atoms with Crippen molar-refractivity contribution in [1.82, 2.24) is 0 Å². The minimum absolute atomic E-state index is 0.0228. The van der Waals surface area contributed by atoms with E-state index in [2.05, 4.69) is 31.2 Å². The van der Waals surface area contributed by atoms with Crippen LogP contribution in [0.25, 0.3) is 0 Å². The molecule has 0 aromatic carbocycles. The average molecular weight is 604 g/mol. The van der Waals surface area contributed by atoms with E-state index in [0.29, 0.717) is 17.6 Å². The zero-order chi connectivity index (χ0) is 30.7. The summed E-state index contributed by atoms with van der Waals surface area (Å²) in [7, 11) is 1.34. The lowest BCUT2D eigenvalue weighted by atomic mass is 10.1. The standard InChI is InChI=1S/C32H62NO7P/c1-6-8-9-10-11-12-13-14-15-16-17-18-19-20-21-22-23-24-25-27-37-29-31(40-32(34)7-2)30-39-41(35,36)38-28-26-33(3,4)5/h12-13,15-16,31H,6-11,14,17-30H2,1-5H3/b13-12-,16-15-. The van der Waals surface area contributed by atoms with Gasteiger partial charge in [0.1, 0.15) is 19.3 Å². The Kier molecular flexibility index (Phi) is 25.9. The number of unbranched alkanes of at least 4 members (excludes halogenated alkanes) is 12. The van der Waals surface area contributed by atoms with Gasteiger partial charge in [-0.05, 0) is 38.5 Å². The number of hydrogen-bond donors (Lipinski definition) is 0. The summed E-state index contributed by atoms with van der Waals surface area (Å²) in [5.41, 5.74) is 0. The van der Waals surface area contributed by atoms with E-state index >= 15 is 0 Å². The van der Waals surface area contributed by atoms with Gasteiger partial charge in [0.05, 0.1) is 34.4 Å². The first-order valence-corrected chi connectivity index (χ1v) is 17.5. The van der Waals surface area contributed by atoms with Gasteiger partial charge in [0.25, 0.3) is 7.82 Å². The number of carbonyl (C=O) groups is 1. The van der Waals surface area contributed by atoms with Gasteiger partial charge in [0.15, 0.2) is 0 Å². The van der Waals surface area contributed by atoms with Crippen LogP contribution in [0.3, 0.4) is 0 Å². The van der Waals surface area contributed by atoms with Crippen molar-refractivity contribution in [2.75, 3.05) is 54.1 Å². The first kappa shape index (κ1) is 40.0. The van der Waals surface area contributed by atoms with Crippen molar-refractivity contribution < 1.29 is 37.3 Å². The number of esters is 1. The third kappa shape index (κ3) is 30.2. The Morgan fingerprint density at radius 1 is 0.756 bits per heavy atom. The second-order valence-corrected chi connectivity index (χ2v) is 13.2. The molecule has 0 rings (SSSR count). The van der Waals surface area contributed by atoms with Crippen molar-refractivity contribution in [3.05, 3.63) is 24.3 Å². The fourth-order valence-corrected chi connectivity index (χ4v) is 4.69. The largest absolute Gasteiger partial charge is 0.756 e. The Bertz CT molecular complexity index is 721. The van der Waals surface area contributed by atoms with Gasteiger partial charge in [-0.15, -0.1) is 0 Å². The summed E-state index contributed by atoms with van der Waals surface area (Å²) in [6.07, 6.45) is 26.9. The molecular formula is C32H62NO7P. The Morgan fingerprint density at radius 2 is 1.32 bits per heavy atom. The smallest absolute Gasteiger partial charge is 0.305 e. The summed E-state index contributed by atoms with van der Waals surface area (Å²) in [6, 6.07) is 0. The molecule has 0 aliphatic carbocycles. The van der Waals surface area contributed by atoms with Gasteiger partial charge in [-0.1, -0.05) is 95.9 Å². The molecule has 0 aliphatic heterocycles. The van der Waals surface area contributed by atoms with Crippen LogP contribution in [-0.4, -0.2) is 70.7 Å². The molecule has 0 heterocycles. The van der Waals surface area contributed by atoms with Crippen LogP contribution in [0.1, 0.15) is 117 Å². The number of quaternary nitrogens is 1. The monoisotopic (exact) mass is 603 g/mol. The number of rotatable bonds is 29. The van der Waals surface area contributed by atoms with Crippen molar-refractivity contribution in [3.63, 3.8) is 0 Å². The van der Waals surface area contributed by atoms with Crippen LogP contribution < -0.4 is 4.89 Å². The molecule has 0 aromatic heterocycles. The molecule has 41 heavy (non-hydrogen) atoms. The first-order valence-electron chi connectivity index (χ1n) is 16.1. The average Bonchev–Trinajstić information content (AvgIpc) is 2.91. The number of likely N-dealkylation sites (N-methyl/N-ethyl adjacent to an activating group) is 1. The quantitative estimate of drug-likeness (QED) is 0.0287. The molecule has 0 aliphatic rings. The Balaban J connectivity index is 3.81. The third-order valence-electron chi connectivity index (χ3n) is 6.56. The molecule has 0 saturated carbocycles. The van der Waals surface area contributed by atoms with E-state index < -0.39 is 19.9 Å². The van der Waals surface area contributed by atoms with Crippen molar-refractivity contribution >= 4 is 13.8 Å². The van der Waals surface area contributed by atoms with E-state index in [1.807, 2.05) is 21.1 Å². The van der Waals surface area contributed by atoms with Crippen molar-refractivity contribution in [1.29, 1.82) is 0 Å². The molecule has 0 amide bonds. The second kappa shape index (κ2) is 26.6. The third-order valence-corrected chi connectivity index (χ3v) is 7.52. The van der Waals surface area contributed by atoms with Crippen LogP contribution in [0.2, 0.25) is 0 Å². The lowest BCUT2D eigenvalue weighted by Crippen LogP contribution is -2.37. The number of hydrogen-bond acceptors (Lipinski definition) is 7. The van der Waals surface area contributed by atoms with E-state index in [4.69, 9.17) is 18.5 Å². The zero-order valence-electron chi connectivity index (χ0n) is 27.0. The molecule has 242 valence electrons. The molecule has 2 atom stereocenters. The molecule has 9 heteroatoms. The maximum atomic E-state index is 12.0. The Hall–Kier alpha value is -1.02. The van der Waals surface area contributed by atoms with E-state index in [-0.39, 0.29) is 26.2 Å². The van der Waals surface area contributed by atoms with E-state index in [9.17, 15) is 14.3 Å². The molecule has 0 aromatic rings. The number of phosphoric ester groups is 1. The van der Waals surface area contributed by atoms with E-state index in [1.165, 1.54) is 77.0 Å². The Labute approximate surface area is 252 Å². The van der Waals surface area contributed by atoms with Crippen LogP contribution >= 0.6 is 7.82 Å². The highest BCUT2D eigenvalue weighted by Crippen LogP contribution is 2.38. The molecule has 0 fully saturated rings. The zero-order valence-corrected chi connectivity index (χ0v) is 27.9. The summed E-state index contributed by atoms with van der Waals surface area (Å²) in [4.78, 5) is 23.8. The highest BCUT2D eigenvalue weighted by Gasteiger charge is 2.19. The van der Waals surface area contributed by atoms with Gasteiger partial charge in [-0.25, -0.2) is 0 Å². The normalized spacial score (nSPS) is 14.6. The van der Waals surface area contributed by atoms with Gasteiger partial charge >= 0.3 is 5.97 Å². The fourth-order valence-electron chi connectivity index (χ4n) is 3.96. The number of ether oxygens (including phenoxy) is 2. The second-order valence-electron chi connectivity index (χ2n) is 11.8. The maximum absolute atomic E-state index is 12.0. The number of phosphoric acid groups is 1. The van der Waals surface area contributed by atoms with E-state index in [0.717, 1.165) is 19.3 Å². The predicted molar refractivity (Wildman–Crippen MR) is 167 cm³/mol. The summed E-state index contributed by atoms with van der Waals surface area (Å²) in [5, 5.41) is 0. The van der Waals surface area contributed by atoms with Crippen molar-refractivity contribution in [2.24, 2.45) is 0 Å². The predicted octanol–water partition coefficient (Wildman–Crippen LogP) is 7.52. The van der Waals surface area contributed by atoms with Crippen LogP contribution in [0.5, 0.6) is 0 Å². The van der Waals surface area contributed by atoms with Crippen molar-refractivity contribution in [3.8, 4) is 0 Å². The molecule has 8 nitrogen and oxygen atoms in total. The molecular weight excluding hydrogens is 541 g/mol. The van der Waals surface area contributed by atoms with Gasteiger partial charge in [0, 0.05) is 13.0 Å². The number of allylic oxidation sites excluding steroid dienone is 4. The highest BCUT2D eigenvalue weighted by molar-refractivity contribution is 7.45. The SMILES string of the molecule is CCCCCC/C=C\C/C=C\CCCCCCCCCCOCC(COP(=O)([O-])OCC[N+](C)(C)C)OC(=O)CC. The van der Waals surface area contributed by atoms with E-state index in [1.54, 1.807) is 6.92 Å². The molecule has 0 N–H and O–H groups in total. The lowest BCUT2D eigenvalue weighted by molar-refractivity contribution is -0.870. The van der Waals surface area contributed by atoms with Crippen LogP contribution in [-0.2, 0) is 27.9 Å².